The Morgan fingerprint density at radius 3 is 2.55 bits per heavy atom. The van der Waals surface area contributed by atoms with Gasteiger partial charge >= 0.3 is 12.1 Å². The van der Waals surface area contributed by atoms with Crippen LogP contribution in [0.15, 0.2) is 36.2 Å². The number of aryl methyl sites for hydroxylation is 1. The van der Waals surface area contributed by atoms with Gasteiger partial charge in [0.1, 0.15) is 41.3 Å². The average Bonchev–Trinajstić information content (AvgIpc) is 3.53. The number of rotatable bonds is 13. The summed E-state index contributed by atoms with van der Waals surface area (Å²) in [4.78, 5) is 65.4. The quantitative estimate of drug-likeness (QED) is 0.192. The molecular weight excluding hydrogens is 727 g/mol. The zero-order chi connectivity index (χ0) is 39.8. The molecule has 2 aliphatic heterocycles. The smallest absolute Gasteiger partial charge is 0.408 e. The number of carbonyl (C=O) groups excluding carboxylic acids is 3. The van der Waals surface area contributed by atoms with Gasteiger partial charge in [-0.1, -0.05) is 40.7 Å². The van der Waals surface area contributed by atoms with Crippen LogP contribution in [0.25, 0.3) is 22.3 Å². The van der Waals surface area contributed by atoms with Gasteiger partial charge in [-0.05, 0) is 36.8 Å². The van der Waals surface area contributed by atoms with Crippen LogP contribution in [0.5, 0.6) is 11.5 Å². The summed E-state index contributed by atoms with van der Waals surface area (Å²) in [6.45, 7) is 16.1. The van der Waals surface area contributed by atoms with Gasteiger partial charge in [0.05, 0.1) is 48.8 Å². The maximum atomic E-state index is 14.6. The normalized spacial score (nSPS) is 24.0. The van der Waals surface area contributed by atoms with Crippen molar-refractivity contribution in [2.45, 2.75) is 97.1 Å². The first-order valence-electron chi connectivity index (χ1n) is 18.7. The van der Waals surface area contributed by atoms with Crippen LogP contribution >= 0.6 is 11.3 Å². The molecule has 3 fully saturated rings. The number of alkyl carbamates (subject to hydrolysis) is 1. The first-order valence-corrected chi connectivity index (χ1v) is 19.6. The van der Waals surface area contributed by atoms with Crippen molar-refractivity contribution in [3.05, 3.63) is 46.8 Å². The minimum atomic E-state index is -1.52. The molecule has 15 heteroatoms. The third kappa shape index (κ3) is 8.42. The number of likely N-dealkylation sites (tertiary alicyclic amines) is 1. The molecule has 1 saturated carbocycles. The van der Waals surface area contributed by atoms with Crippen molar-refractivity contribution in [2.24, 2.45) is 17.3 Å². The van der Waals surface area contributed by atoms with Gasteiger partial charge in [0, 0.05) is 47.6 Å². The molecule has 2 saturated heterocycles. The number of pyridine rings is 1. The second kappa shape index (κ2) is 15.8. The number of fused-ring (bicyclic) bond motifs is 1. The maximum absolute atomic E-state index is 14.6. The molecule has 1 aliphatic carbocycles. The fourth-order valence-corrected chi connectivity index (χ4v) is 8.30. The van der Waals surface area contributed by atoms with E-state index in [-0.39, 0.29) is 26.0 Å². The molecule has 4 heterocycles. The van der Waals surface area contributed by atoms with E-state index < -0.39 is 65.0 Å². The lowest BCUT2D eigenvalue weighted by Gasteiger charge is -2.35. The summed E-state index contributed by atoms with van der Waals surface area (Å²) in [6.07, 6.45) is 1.22. The Balaban J connectivity index is 1.34. The number of aliphatic carboxylic acids is 1. The van der Waals surface area contributed by atoms with Gasteiger partial charge in [0.2, 0.25) is 11.8 Å². The fourth-order valence-electron chi connectivity index (χ4n) is 7.30. The molecule has 6 rings (SSSR count). The Hall–Kier alpha value is -4.76. The van der Waals surface area contributed by atoms with E-state index in [4.69, 9.17) is 28.9 Å². The van der Waals surface area contributed by atoms with Crippen LogP contribution in [0.4, 0.5) is 4.79 Å². The van der Waals surface area contributed by atoms with Gasteiger partial charge in [0.25, 0.3) is 0 Å². The van der Waals surface area contributed by atoms with E-state index in [0.717, 1.165) is 17.0 Å². The first kappa shape index (κ1) is 39.9. The SMILES string of the molecule is C=CC1C[C@]1(NC(=O)[C@@H]1C[C@@H](Oc2cc(-c3csc(CC(C)C)n3)nc3c(C)c(OC)ccc23)CN1C(=O)[C@@H](NC(=O)O[C@H]1CCOC1)C(C)(C)C)C(=O)O. The van der Waals surface area contributed by atoms with Gasteiger partial charge < -0.3 is 39.6 Å². The molecule has 55 heavy (non-hydrogen) atoms. The van der Waals surface area contributed by atoms with Crippen LogP contribution in [-0.4, -0.2) is 101 Å². The highest BCUT2D eigenvalue weighted by Gasteiger charge is 2.61. The lowest BCUT2D eigenvalue weighted by atomic mass is 9.85. The number of thiazole rings is 1. The highest BCUT2D eigenvalue weighted by Crippen LogP contribution is 2.45. The van der Waals surface area contributed by atoms with E-state index in [1.807, 2.05) is 30.5 Å². The van der Waals surface area contributed by atoms with E-state index in [9.17, 15) is 24.3 Å². The number of hydrogen-bond acceptors (Lipinski definition) is 11. The third-order valence-corrected chi connectivity index (χ3v) is 11.3. The number of carboxylic acid groups (broad SMARTS) is 1. The molecule has 1 aromatic carbocycles. The number of aromatic nitrogens is 2. The van der Waals surface area contributed by atoms with Crippen molar-refractivity contribution in [1.82, 2.24) is 25.5 Å². The Bertz CT molecular complexity index is 1970. The van der Waals surface area contributed by atoms with Crippen LogP contribution in [0.2, 0.25) is 0 Å². The van der Waals surface area contributed by atoms with Gasteiger partial charge in [-0.3, -0.25) is 9.59 Å². The van der Waals surface area contributed by atoms with Crippen LogP contribution in [0.1, 0.15) is 64.5 Å². The number of hydrogen-bond donors (Lipinski definition) is 3. The monoisotopic (exact) mass is 777 g/mol. The number of ether oxygens (including phenoxy) is 4. The highest BCUT2D eigenvalue weighted by molar-refractivity contribution is 7.09. The number of carbonyl (C=O) groups is 4. The summed E-state index contributed by atoms with van der Waals surface area (Å²) in [5, 5.41) is 19.2. The minimum Gasteiger partial charge on any atom is -0.496 e. The molecule has 6 atom stereocenters. The third-order valence-electron chi connectivity index (χ3n) is 10.5. The highest BCUT2D eigenvalue weighted by atomic mass is 32.1. The van der Waals surface area contributed by atoms with Gasteiger partial charge in [0.15, 0.2) is 0 Å². The Morgan fingerprint density at radius 2 is 1.93 bits per heavy atom. The van der Waals surface area contributed by atoms with E-state index in [1.54, 1.807) is 39.2 Å². The summed E-state index contributed by atoms with van der Waals surface area (Å²) >= 11 is 1.57. The lowest BCUT2D eigenvalue weighted by Crippen LogP contribution is -2.59. The lowest BCUT2D eigenvalue weighted by molar-refractivity contribution is -0.146. The van der Waals surface area contributed by atoms with Gasteiger partial charge in [-0.25, -0.2) is 19.6 Å². The number of nitrogens with zero attached hydrogens (tertiary/aromatic N) is 3. The second-order valence-corrected chi connectivity index (χ2v) is 17.1. The van der Waals surface area contributed by atoms with E-state index >= 15 is 0 Å². The zero-order valence-corrected chi connectivity index (χ0v) is 33.3. The molecule has 3 aromatic rings. The Labute approximate surface area is 325 Å². The summed E-state index contributed by atoms with van der Waals surface area (Å²) in [6, 6.07) is 3.31. The van der Waals surface area contributed by atoms with Crippen molar-refractivity contribution in [3.8, 4) is 22.9 Å². The molecule has 0 spiro atoms. The summed E-state index contributed by atoms with van der Waals surface area (Å²) < 4.78 is 23.2. The second-order valence-electron chi connectivity index (χ2n) is 16.1. The Kier molecular flexibility index (Phi) is 11.4. The molecule has 1 unspecified atom stereocenters. The number of benzene rings is 1. The van der Waals surface area contributed by atoms with Crippen molar-refractivity contribution in [1.29, 1.82) is 0 Å². The molecule has 14 nitrogen and oxygen atoms in total. The standard InChI is InChI=1S/C40H51N5O9S/c1-9-23-17-40(23,37(48)49)44-35(46)29-15-25(18-45(29)36(47)34(39(5,6)7)43-38(50)54-24-12-13-52-19-24)53-31-16-27(28-20-55-32(41-28)14-21(2)3)42-33-22(4)30(51-8)11-10-26(31)33/h9-11,16,20-21,23-25,29,34H,1,12-15,17-19H2,2-8H3,(H,43,50)(H,44,46)(H,48,49)/t23?,24-,25+,29-,34+,40+/m0/s1. The van der Waals surface area contributed by atoms with Crippen molar-refractivity contribution in [3.63, 3.8) is 0 Å². The topological polar surface area (TPSA) is 179 Å². The number of amides is 3. The molecular formula is C40H51N5O9S. The first-order chi connectivity index (χ1) is 26.0. The predicted octanol–water partition coefficient (Wildman–Crippen LogP) is 5.30. The average molecular weight is 778 g/mol. The van der Waals surface area contributed by atoms with E-state index in [2.05, 4.69) is 31.1 Å². The number of nitrogens with one attached hydrogen (secondary N) is 2. The predicted molar refractivity (Wildman–Crippen MR) is 206 cm³/mol. The number of carboxylic acids is 1. The van der Waals surface area contributed by atoms with E-state index in [0.29, 0.717) is 52.7 Å². The van der Waals surface area contributed by atoms with Crippen LogP contribution in [-0.2, 0) is 30.3 Å². The van der Waals surface area contributed by atoms with E-state index in [1.165, 1.54) is 11.0 Å². The largest absolute Gasteiger partial charge is 0.496 e. The van der Waals surface area contributed by atoms with Gasteiger partial charge in [-0.15, -0.1) is 17.9 Å². The minimum absolute atomic E-state index is 0.0226. The molecule has 3 amide bonds. The fraction of sp³-hybridized carbons (Fsp3) is 0.550. The molecule has 0 radical (unpaired) electrons. The molecule has 0 bridgehead atoms. The summed E-state index contributed by atoms with van der Waals surface area (Å²) in [5.41, 5.74) is 0.438. The van der Waals surface area contributed by atoms with Crippen molar-refractivity contribution >= 4 is 46.1 Å². The zero-order valence-electron chi connectivity index (χ0n) is 32.5. The van der Waals surface area contributed by atoms with Crippen LogP contribution in [0.3, 0.4) is 0 Å². The molecule has 296 valence electrons. The van der Waals surface area contributed by atoms with Crippen molar-refractivity contribution < 1.29 is 43.2 Å². The van der Waals surface area contributed by atoms with Crippen molar-refractivity contribution in [2.75, 3.05) is 26.9 Å². The number of methoxy groups -OCH3 is 1. The molecule has 3 aliphatic rings. The van der Waals surface area contributed by atoms with Crippen LogP contribution in [0, 0.1) is 24.2 Å². The van der Waals surface area contributed by atoms with Gasteiger partial charge in [-0.2, -0.15) is 0 Å². The molecule has 3 N–H and O–H groups in total. The summed E-state index contributed by atoms with van der Waals surface area (Å²) in [5.74, 6) is -1.24. The summed E-state index contributed by atoms with van der Waals surface area (Å²) in [7, 11) is 1.60. The molecule has 2 aromatic heterocycles. The maximum Gasteiger partial charge on any atom is 0.408 e. The van der Waals surface area contributed by atoms with Crippen LogP contribution < -0.4 is 20.1 Å². The Morgan fingerprint density at radius 1 is 1.16 bits per heavy atom.